The molecule has 2 aromatic heterocycles. The molecule has 0 amide bonds. The van der Waals surface area contributed by atoms with Crippen LogP contribution in [-0.2, 0) is 26.6 Å². The topological polar surface area (TPSA) is 64.2 Å². The van der Waals surface area contributed by atoms with Gasteiger partial charge in [-0.3, -0.25) is 9.69 Å². The first-order chi connectivity index (χ1) is 11.7. The molecule has 1 aromatic carbocycles. The highest BCUT2D eigenvalue weighted by molar-refractivity contribution is 5.52. The van der Waals surface area contributed by atoms with Crippen molar-refractivity contribution in [2.24, 2.45) is 7.05 Å². The molecule has 24 heavy (non-hydrogen) atoms. The molecule has 0 atom stereocenters. The van der Waals surface area contributed by atoms with Crippen molar-refractivity contribution in [1.82, 2.24) is 19.7 Å². The van der Waals surface area contributed by atoms with Crippen molar-refractivity contribution < 1.29 is 4.42 Å². The minimum atomic E-state index is -0.0663. The molecular weight excluding hydrogens is 304 g/mol. The third kappa shape index (κ3) is 2.88. The maximum atomic E-state index is 11.8. The molecule has 3 heterocycles. The van der Waals surface area contributed by atoms with E-state index in [4.69, 9.17) is 4.42 Å². The van der Waals surface area contributed by atoms with Gasteiger partial charge in [0.2, 0.25) is 5.89 Å². The van der Waals surface area contributed by atoms with Crippen LogP contribution < -0.4 is 5.56 Å². The van der Waals surface area contributed by atoms with E-state index in [2.05, 4.69) is 15.0 Å². The summed E-state index contributed by atoms with van der Waals surface area (Å²) in [5.74, 6) is 0.638. The fraction of sp³-hybridized carbons (Fsp3) is 0.278. The molecule has 4 rings (SSSR count). The van der Waals surface area contributed by atoms with E-state index in [0.29, 0.717) is 19.0 Å². The number of rotatable bonds is 3. The van der Waals surface area contributed by atoms with Crippen LogP contribution in [0, 0.1) is 0 Å². The van der Waals surface area contributed by atoms with E-state index in [0.717, 1.165) is 35.5 Å². The normalized spacial score (nSPS) is 14.5. The van der Waals surface area contributed by atoms with Crippen LogP contribution in [0.4, 0.5) is 0 Å². The summed E-state index contributed by atoms with van der Waals surface area (Å²) in [7, 11) is 1.69. The summed E-state index contributed by atoms with van der Waals surface area (Å²) in [6.07, 6.45) is 2.55. The Balaban J connectivity index is 1.50. The fourth-order valence-corrected chi connectivity index (χ4v) is 3.01. The first-order valence-corrected chi connectivity index (χ1v) is 7.97. The van der Waals surface area contributed by atoms with Crippen molar-refractivity contribution >= 4 is 0 Å². The highest BCUT2D eigenvalue weighted by Gasteiger charge is 2.20. The molecular formula is C18H18N4O2. The second-order valence-electron chi connectivity index (χ2n) is 6.05. The zero-order valence-electron chi connectivity index (χ0n) is 13.5. The molecule has 0 radical (unpaired) electrons. The lowest BCUT2D eigenvalue weighted by atomic mass is 10.1. The second kappa shape index (κ2) is 6.05. The number of hydrogen-bond acceptors (Lipinski definition) is 5. The molecule has 1 aliphatic rings. The average Bonchev–Trinajstić information content (AvgIpc) is 3.05. The minimum Gasteiger partial charge on any atom is -0.444 e. The van der Waals surface area contributed by atoms with E-state index in [1.54, 1.807) is 19.4 Å². The van der Waals surface area contributed by atoms with Crippen molar-refractivity contribution in [3.63, 3.8) is 0 Å². The first kappa shape index (κ1) is 14.8. The standard InChI is InChI=1S/C18H18N4O2/c1-21-17(23)9-14-10-22(8-7-16(14)20-21)11-15-12-24-18(19-15)13-5-3-2-4-6-13/h2-6,9,12H,7-8,10-11H2,1H3. The Morgan fingerprint density at radius 1 is 1.25 bits per heavy atom. The van der Waals surface area contributed by atoms with Crippen molar-refractivity contribution in [2.45, 2.75) is 19.5 Å². The summed E-state index contributed by atoms with van der Waals surface area (Å²) in [4.78, 5) is 18.6. The smallest absolute Gasteiger partial charge is 0.266 e. The van der Waals surface area contributed by atoms with E-state index in [-0.39, 0.29) is 5.56 Å². The summed E-state index contributed by atoms with van der Waals surface area (Å²) in [6, 6.07) is 11.6. The van der Waals surface area contributed by atoms with E-state index >= 15 is 0 Å². The van der Waals surface area contributed by atoms with Crippen LogP contribution in [0.2, 0.25) is 0 Å². The Labute approximate surface area is 139 Å². The lowest BCUT2D eigenvalue weighted by molar-refractivity contribution is 0.238. The molecule has 0 spiro atoms. The summed E-state index contributed by atoms with van der Waals surface area (Å²) >= 11 is 0. The van der Waals surface area contributed by atoms with Gasteiger partial charge in [0.05, 0.1) is 11.4 Å². The molecule has 0 unspecified atom stereocenters. The van der Waals surface area contributed by atoms with Crippen LogP contribution in [-0.4, -0.2) is 26.2 Å². The predicted molar refractivity (Wildman–Crippen MR) is 89.2 cm³/mol. The average molecular weight is 322 g/mol. The zero-order valence-corrected chi connectivity index (χ0v) is 13.5. The van der Waals surface area contributed by atoms with E-state index in [1.165, 1.54) is 4.68 Å². The van der Waals surface area contributed by atoms with Crippen molar-refractivity contribution in [1.29, 1.82) is 0 Å². The van der Waals surface area contributed by atoms with Gasteiger partial charge in [-0.2, -0.15) is 5.10 Å². The summed E-state index contributed by atoms with van der Waals surface area (Å²) in [6.45, 7) is 2.31. The highest BCUT2D eigenvalue weighted by atomic mass is 16.3. The predicted octanol–water partition coefficient (Wildman–Crippen LogP) is 1.99. The SMILES string of the molecule is Cn1nc2c(cc1=O)CN(Cc1coc(-c3ccccc3)n1)CC2. The van der Waals surface area contributed by atoms with Crippen molar-refractivity contribution in [3.8, 4) is 11.5 Å². The number of aromatic nitrogens is 3. The van der Waals surface area contributed by atoms with Gasteiger partial charge in [-0.15, -0.1) is 0 Å². The molecule has 1 aliphatic heterocycles. The summed E-state index contributed by atoms with van der Waals surface area (Å²) in [5.41, 5.74) is 3.83. The molecule has 0 N–H and O–H groups in total. The van der Waals surface area contributed by atoms with Crippen molar-refractivity contribution in [2.75, 3.05) is 6.54 Å². The molecule has 0 bridgehead atoms. The molecule has 6 heteroatoms. The van der Waals surface area contributed by atoms with Crippen LogP contribution in [0.5, 0.6) is 0 Å². The van der Waals surface area contributed by atoms with E-state index < -0.39 is 0 Å². The molecule has 0 saturated carbocycles. The van der Waals surface area contributed by atoms with Gasteiger partial charge in [0.15, 0.2) is 0 Å². The molecule has 0 saturated heterocycles. The molecule has 6 nitrogen and oxygen atoms in total. The monoisotopic (exact) mass is 322 g/mol. The van der Waals surface area contributed by atoms with Crippen LogP contribution >= 0.6 is 0 Å². The summed E-state index contributed by atoms with van der Waals surface area (Å²) < 4.78 is 6.99. The summed E-state index contributed by atoms with van der Waals surface area (Å²) in [5, 5.41) is 4.34. The Hall–Kier alpha value is -2.73. The number of aryl methyl sites for hydroxylation is 1. The Morgan fingerprint density at radius 3 is 2.92 bits per heavy atom. The third-order valence-corrected chi connectivity index (χ3v) is 4.27. The Kier molecular flexibility index (Phi) is 3.74. The van der Waals surface area contributed by atoms with Gasteiger partial charge in [0, 0.05) is 44.7 Å². The zero-order chi connectivity index (χ0) is 16.5. The highest BCUT2D eigenvalue weighted by Crippen LogP contribution is 2.21. The third-order valence-electron chi connectivity index (χ3n) is 4.27. The van der Waals surface area contributed by atoms with Gasteiger partial charge in [0.1, 0.15) is 6.26 Å². The Morgan fingerprint density at radius 2 is 2.08 bits per heavy atom. The fourth-order valence-electron chi connectivity index (χ4n) is 3.01. The van der Waals surface area contributed by atoms with Gasteiger partial charge in [0.25, 0.3) is 5.56 Å². The van der Waals surface area contributed by atoms with Gasteiger partial charge < -0.3 is 4.42 Å². The molecule has 0 fully saturated rings. The van der Waals surface area contributed by atoms with Crippen LogP contribution in [0.1, 0.15) is 17.0 Å². The quantitative estimate of drug-likeness (QED) is 0.738. The van der Waals surface area contributed by atoms with Crippen LogP contribution in [0.15, 0.2) is 51.9 Å². The number of fused-ring (bicyclic) bond motifs is 1. The van der Waals surface area contributed by atoms with Gasteiger partial charge >= 0.3 is 0 Å². The van der Waals surface area contributed by atoms with Crippen LogP contribution in [0.25, 0.3) is 11.5 Å². The van der Waals surface area contributed by atoms with E-state index in [1.807, 2.05) is 30.3 Å². The number of nitrogens with zero attached hydrogens (tertiary/aromatic N) is 4. The lowest BCUT2D eigenvalue weighted by Crippen LogP contribution is -2.34. The second-order valence-corrected chi connectivity index (χ2v) is 6.05. The van der Waals surface area contributed by atoms with Gasteiger partial charge in [-0.1, -0.05) is 18.2 Å². The number of oxazole rings is 1. The Bertz CT molecular complexity index is 914. The van der Waals surface area contributed by atoms with Gasteiger partial charge in [-0.05, 0) is 17.7 Å². The van der Waals surface area contributed by atoms with E-state index in [9.17, 15) is 4.79 Å². The minimum absolute atomic E-state index is 0.0663. The molecule has 0 aliphatic carbocycles. The van der Waals surface area contributed by atoms with Gasteiger partial charge in [-0.25, -0.2) is 9.67 Å². The largest absolute Gasteiger partial charge is 0.444 e. The maximum absolute atomic E-state index is 11.8. The number of benzene rings is 1. The lowest BCUT2D eigenvalue weighted by Gasteiger charge is -2.27. The maximum Gasteiger partial charge on any atom is 0.266 e. The van der Waals surface area contributed by atoms with Crippen molar-refractivity contribution in [3.05, 3.63) is 70.0 Å². The molecule has 3 aromatic rings. The first-order valence-electron chi connectivity index (χ1n) is 7.97. The number of hydrogen-bond donors (Lipinski definition) is 0. The molecule has 122 valence electrons. The van der Waals surface area contributed by atoms with Crippen LogP contribution in [0.3, 0.4) is 0 Å².